The van der Waals surface area contributed by atoms with Crippen LogP contribution in [0.3, 0.4) is 0 Å². The Morgan fingerprint density at radius 1 is 1.17 bits per heavy atom. The van der Waals surface area contributed by atoms with Gasteiger partial charge in [-0.25, -0.2) is 8.78 Å². The van der Waals surface area contributed by atoms with Gasteiger partial charge in [0.15, 0.2) is 11.6 Å². The largest absolute Gasteiger partial charge is 0.350 e. The second kappa shape index (κ2) is 9.94. The summed E-state index contributed by atoms with van der Waals surface area (Å²) in [6, 6.07) is 7.34. The Labute approximate surface area is 193 Å². The van der Waals surface area contributed by atoms with Crippen LogP contribution in [0.2, 0.25) is 5.02 Å². The average molecular weight is 571 g/mol. The minimum Gasteiger partial charge on any atom is -0.350 e. The van der Waals surface area contributed by atoms with Gasteiger partial charge in [-0.3, -0.25) is 4.72 Å². The summed E-state index contributed by atoms with van der Waals surface area (Å²) in [5.74, 6) is -2.30. The Morgan fingerprint density at radius 2 is 1.83 bits per heavy atom. The van der Waals surface area contributed by atoms with Gasteiger partial charge in [0.1, 0.15) is 5.69 Å². The maximum atomic E-state index is 14.6. The van der Waals surface area contributed by atoms with Crippen molar-refractivity contribution < 1.29 is 17.2 Å². The molecule has 0 bridgehead atoms. The molecule has 0 radical (unpaired) electrons. The number of anilines is 3. The molecular formula is C19H22ClF2IN4O2S. The number of piperidine rings is 1. The summed E-state index contributed by atoms with van der Waals surface area (Å²) in [5.41, 5.74) is -0.102. The molecule has 1 heterocycles. The maximum Gasteiger partial charge on any atom is 0.301 e. The van der Waals surface area contributed by atoms with Crippen LogP contribution in [0.5, 0.6) is 0 Å². The number of rotatable bonds is 7. The van der Waals surface area contributed by atoms with Crippen LogP contribution in [0.1, 0.15) is 19.8 Å². The van der Waals surface area contributed by atoms with Gasteiger partial charge in [-0.05, 0) is 72.3 Å². The molecule has 0 aliphatic carbocycles. The maximum absolute atomic E-state index is 14.6. The van der Waals surface area contributed by atoms with E-state index in [1.165, 1.54) is 10.4 Å². The summed E-state index contributed by atoms with van der Waals surface area (Å²) in [6.45, 7) is 3.49. The standard InChI is InChI=1S/C19H22ClF2IN4O2S/c1-2-24-13-7-9-27(10-8-13)30(28,29)26-17-6-4-15(21)18(22)19(17)25-16-5-3-12(23)11-14(16)20/h3-6,11,13,24-26H,2,7-10H2,1H3. The fraction of sp³-hybridized carbons (Fsp3) is 0.368. The third kappa shape index (κ3) is 5.52. The molecule has 1 saturated heterocycles. The number of nitrogens with zero attached hydrogens (tertiary/aromatic N) is 1. The number of nitrogens with one attached hydrogen (secondary N) is 3. The highest BCUT2D eigenvalue weighted by molar-refractivity contribution is 14.1. The van der Waals surface area contributed by atoms with Gasteiger partial charge in [-0.15, -0.1) is 0 Å². The van der Waals surface area contributed by atoms with E-state index in [1.54, 1.807) is 18.2 Å². The van der Waals surface area contributed by atoms with Gasteiger partial charge in [0.2, 0.25) is 0 Å². The molecule has 30 heavy (non-hydrogen) atoms. The highest BCUT2D eigenvalue weighted by Gasteiger charge is 2.29. The van der Waals surface area contributed by atoms with Crippen LogP contribution in [-0.2, 0) is 10.2 Å². The first-order chi connectivity index (χ1) is 14.2. The predicted molar refractivity (Wildman–Crippen MR) is 125 cm³/mol. The minimum atomic E-state index is -3.94. The summed E-state index contributed by atoms with van der Waals surface area (Å²) in [6.07, 6.45) is 1.35. The molecule has 11 heteroatoms. The van der Waals surface area contributed by atoms with Crippen molar-refractivity contribution in [3.05, 3.63) is 50.6 Å². The molecule has 1 aliphatic heterocycles. The van der Waals surface area contributed by atoms with E-state index < -0.39 is 21.8 Å². The summed E-state index contributed by atoms with van der Waals surface area (Å²) < 4.78 is 58.7. The Kier molecular flexibility index (Phi) is 7.77. The van der Waals surface area contributed by atoms with Gasteiger partial charge < -0.3 is 10.6 Å². The topological polar surface area (TPSA) is 73.5 Å². The van der Waals surface area contributed by atoms with E-state index in [2.05, 4.69) is 37.9 Å². The minimum absolute atomic E-state index is 0.0997. The molecule has 2 aromatic carbocycles. The van der Waals surface area contributed by atoms with E-state index >= 15 is 0 Å². The molecule has 164 valence electrons. The van der Waals surface area contributed by atoms with Crippen LogP contribution < -0.4 is 15.4 Å². The summed E-state index contributed by atoms with van der Waals surface area (Å²) in [5, 5.41) is 6.33. The fourth-order valence-corrected chi connectivity index (χ4v) is 5.45. The normalized spacial score (nSPS) is 15.9. The van der Waals surface area contributed by atoms with Gasteiger partial charge >= 0.3 is 10.2 Å². The van der Waals surface area contributed by atoms with Crippen LogP contribution in [-0.4, -0.2) is 38.4 Å². The zero-order valence-electron chi connectivity index (χ0n) is 16.2. The van der Waals surface area contributed by atoms with Gasteiger partial charge in [-0.2, -0.15) is 12.7 Å². The summed E-state index contributed by atoms with van der Waals surface area (Å²) >= 11 is 8.25. The van der Waals surface area contributed by atoms with Crippen LogP contribution in [0.15, 0.2) is 30.3 Å². The Morgan fingerprint density at radius 3 is 2.47 bits per heavy atom. The number of hydrogen-bond acceptors (Lipinski definition) is 4. The first kappa shape index (κ1) is 23.5. The smallest absolute Gasteiger partial charge is 0.301 e. The molecule has 1 fully saturated rings. The second-order valence-electron chi connectivity index (χ2n) is 6.87. The lowest BCUT2D eigenvalue weighted by Crippen LogP contribution is -2.46. The highest BCUT2D eigenvalue weighted by Crippen LogP contribution is 2.34. The lowest BCUT2D eigenvalue weighted by molar-refractivity contribution is 0.293. The van der Waals surface area contributed by atoms with Crippen LogP contribution in [0, 0.1) is 15.2 Å². The Balaban J connectivity index is 1.84. The third-order valence-corrected chi connectivity index (χ3v) is 7.32. The first-order valence-electron chi connectivity index (χ1n) is 9.42. The quantitative estimate of drug-likeness (QED) is 0.422. The molecule has 0 atom stereocenters. The SMILES string of the molecule is CCNC1CCN(S(=O)(=O)Nc2ccc(F)c(F)c2Nc2ccc(I)cc2Cl)CC1. The van der Waals surface area contributed by atoms with Crippen molar-refractivity contribution in [3.63, 3.8) is 0 Å². The van der Waals surface area contributed by atoms with Crippen LogP contribution in [0.25, 0.3) is 0 Å². The molecule has 3 N–H and O–H groups in total. The van der Waals surface area contributed by atoms with Gasteiger partial charge in [0.05, 0.1) is 16.4 Å². The molecule has 2 aromatic rings. The monoisotopic (exact) mass is 570 g/mol. The van der Waals surface area contributed by atoms with Crippen molar-refractivity contribution in [2.75, 3.05) is 29.7 Å². The van der Waals surface area contributed by atoms with Gasteiger partial charge in [0.25, 0.3) is 0 Å². The molecule has 0 spiro atoms. The third-order valence-electron chi connectivity index (χ3n) is 4.81. The number of hydrogen-bond donors (Lipinski definition) is 3. The lowest BCUT2D eigenvalue weighted by Gasteiger charge is -2.31. The van der Waals surface area contributed by atoms with Crippen LogP contribution in [0.4, 0.5) is 25.8 Å². The van der Waals surface area contributed by atoms with Crippen molar-refractivity contribution in [2.45, 2.75) is 25.8 Å². The molecule has 0 aromatic heterocycles. The molecule has 1 aliphatic rings. The molecule has 0 amide bonds. The van der Waals surface area contributed by atoms with Crippen molar-refractivity contribution in [1.29, 1.82) is 0 Å². The molecule has 3 rings (SSSR count). The van der Waals surface area contributed by atoms with Gasteiger partial charge in [0, 0.05) is 22.7 Å². The molecular weight excluding hydrogens is 549 g/mol. The predicted octanol–water partition coefficient (Wildman–Crippen LogP) is 4.70. The van der Waals surface area contributed by atoms with Crippen molar-refractivity contribution in [1.82, 2.24) is 9.62 Å². The van der Waals surface area contributed by atoms with Crippen molar-refractivity contribution >= 4 is 61.5 Å². The zero-order chi connectivity index (χ0) is 21.9. The van der Waals surface area contributed by atoms with Crippen molar-refractivity contribution in [3.8, 4) is 0 Å². The van der Waals surface area contributed by atoms with E-state index in [9.17, 15) is 17.2 Å². The van der Waals surface area contributed by atoms with Gasteiger partial charge in [-0.1, -0.05) is 18.5 Å². The summed E-state index contributed by atoms with van der Waals surface area (Å²) in [4.78, 5) is 0. The second-order valence-corrected chi connectivity index (χ2v) is 10.2. The van der Waals surface area contributed by atoms with E-state index in [0.29, 0.717) is 36.6 Å². The first-order valence-corrected chi connectivity index (χ1v) is 12.3. The average Bonchev–Trinajstić information content (AvgIpc) is 2.70. The summed E-state index contributed by atoms with van der Waals surface area (Å²) in [7, 11) is -3.94. The molecule has 0 saturated carbocycles. The molecule has 6 nitrogen and oxygen atoms in total. The molecule has 0 unspecified atom stereocenters. The van der Waals surface area contributed by atoms with E-state index in [4.69, 9.17) is 11.6 Å². The Hall–Kier alpha value is -1.21. The van der Waals surface area contributed by atoms with E-state index in [1.807, 2.05) is 6.92 Å². The fourth-order valence-electron chi connectivity index (χ4n) is 3.28. The highest BCUT2D eigenvalue weighted by atomic mass is 127. The number of benzene rings is 2. The van der Waals surface area contributed by atoms with E-state index in [-0.39, 0.29) is 17.4 Å². The zero-order valence-corrected chi connectivity index (χ0v) is 19.9. The Bertz CT molecular complexity index is 1020. The number of halogens is 4. The van der Waals surface area contributed by atoms with Crippen molar-refractivity contribution in [2.24, 2.45) is 0 Å². The van der Waals surface area contributed by atoms with Crippen LogP contribution >= 0.6 is 34.2 Å². The lowest BCUT2D eigenvalue weighted by atomic mass is 10.1. The van der Waals surface area contributed by atoms with E-state index in [0.717, 1.165) is 16.2 Å².